The standard InChI is InChI=1S/C14H27N3/c1-7-14(5,11-15-13(2,3)4)10-12-8-9-17(6)16-12/h8-9,15H,7,10-11H2,1-6H3. The van der Waals surface area contributed by atoms with E-state index < -0.39 is 0 Å². The Balaban J connectivity index is 2.62. The Morgan fingerprint density at radius 1 is 1.29 bits per heavy atom. The van der Waals surface area contributed by atoms with E-state index in [1.54, 1.807) is 0 Å². The lowest BCUT2D eigenvalue weighted by Gasteiger charge is -2.32. The smallest absolute Gasteiger partial charge is 0.0630 e. The number of hydrogen-bond acceptors (Lipinski definition) is 2. The van der Waals surface area contributed by atoms with Crippen LogP contribution in [-0.2, 0) is 13.5 Å². The van der Waals surface area contributed by atoms with Crippen molar-refractivity contribution in [3.05, 3.63) is 18.0 Å². The molecule has 0 spiro atoms. The Morgan fingerprint density at radius 3 is 2.35 bits per heavy atom. The van der Waals surface area contributed by atoms with Gasteiger partial charge in [-0.05, 0) is 45.1 Å². The Bertz CT molecular complexity index is 349. The SMILES string of the molecule is CCC(C)(CNC(C)(C)C)Cc1ccn(C)n1. The van der Waals surface area contributed by atoms with Gasteiger partial charge in [-0.1, -0.05) is 13.8 Å². The van der Waals surface area contributed by atoms with Crippen LogP contribution in [-0.4, -0.2) is 21.9 Å². The van der Waals surface area contributed by atoms with Gasteiger partial charge in [0.05, 0.1) is 5.69 Å². The predicted octanol–water partition coefficient (Wildman–Crippen LogP) is 2.77. The quantitative estimate of drug-likeness (QED) is 0.853. The lowest BCUT2D eigenvalue weighted by molar-refractivity contribution is 0.252. The highest BCUT2D eigenvalue weighted by molar-refractivity contribution is 5.03. The van der Waals surface area contributed by atoms with Crippen molar-refractivity contribution in [3.8, 4) is 0 Å². The van der Waals surface area contributed by atoms with Crippen LogP contribution in [0, 0.1) is 5.41 Å². The molecule has 1 aromatic heterocycles. The van der Waals surface area contributed by atoms with Crippen molar-refractivity contribution in [2.75, 3.05) is 6.54 Å². The number of nitrogens with one attached hydrogen (secondary N) is 1. The van der Waals surface area contributed by atoms with Crippen molar-refractivity contribution < 1.29 is 0 Å². The van der Waals surface area contributed by atoms with Crippen LogP contribution in [0.2, 0.25) is 0 Å². The second-order valence-corrected chi connectivity index (χ2v) is 6.43. The maximum atomic E-state index is 4.48. The van der Waals surface area contributed by atoms with Gasteiger partial charge in [-0.3, -0.25) is 4.68 Å². The lowest BCUT2D eigenvalue weighted by atomic mass is 9.82. The van der Waals surface area contributed by atoms with Gasteiger partial charge in [0.2, 0.25) is 0 Å². The fraction of sp³-hybridized carbons (Fsp3) is 0.786. The Kier molecular flexibility index (Phi) is 4.36. The largest absolute Gasteiger partial charge is 0.312 e. The molecule has 1 atom stereocenters. The summed E-state index contributed by atoms with van der Waals surface area (Å²) in [6.45, 7) is 12.3. The van der Waals surface area contributed by atoms with E-state index in [0.717, 1.165) is 19.4 Å². The Hall–Kier alpha value is -0.830. The summed E-state index contributed by atoms with van der Waals surface area (Å²) in [4.78, 5) is 0. The molecule has 1 aromatic rings. The third-order valence-electron chi connectivity index (χ3n) is 3.28. The maximum Gasteiger partial charge on any atom is 0.0630 e. The summed E-state index contributed by atoms with van der Waals surface area (Å²) in [5, 5.41) is 8.08. The van der Waals surface area contributed by atoms with E-state index in [-0.39, 0.29) is 11.0 Å². The van der Waals surface area contributed by atoms with Gasteiger partial charge in [-0.15, -0.1) is 0 Å². The first kappa shape index (κ1) is 14.2. The normalized spacial score (nSPS) is 15.9. The van der Waals surface area contributed by atoms with E-state index in [4.69, 9.17) is 0 Å². The van der Waals surface area contributed by atoms with E-state index in [1.165, 1.54) is 5.69 Å². The van der Waals surface area contributed by atoms with E-state index in [1.807, 2.05) is 17.9 Å². The predicted molar refractivity (Wildman–Crippen MR) is 73.1 cm³/mol. The molecule has 1 N–H and O–H groups in total. The molecule has 0 fully saturated rings. The maximum absolute atomic E-state index is 4.48. The Morgan fingerprint density at radius 2 is 1.94 bits per heavy atom. The molecule has 3 heteroatoms. The summed E-state index contributed by atoms with van der Waals surface area (Å²) in [5.74, 6) is 0. The van der Waals surface area contributed by atoms with Crippen molar-refractivity contribution in [1.29, 1.82) is 0 Å². The molecule has 0 saturated heterocycles. The molecule has 1 heterocycles. The summed E-state index contributed by atoms with van der Waals surface area (Å²) in [7, 11) is 1.97. The van der Waals surface area contributed by atoms with Gasteiger partial charge in [-0.25, -0.2) is 0 Å². The Labute approximate surface area is 106 Å². The number of rotatable bonds is 5. The number of hydrogen-bond donors (Lipinski definition) is 1. The van der Waals surface area contributed by atoms with E-state index in [2.05, 4.69) is 51.1 Å². The summed E-state index contributed by atoms with van der Waals surface area (Å²) < 4.78 is 1.88. The molecule has 0 aliphatic rings. The van der Waals surface area contributed by atoms with Crippen molar-refractivity contribution in [2.24, 2.45) is 12.5 Å². The molecular formula is C14H27N3. The number of aryl methyl sites for hydroxylation is 1. The monoisotopic (exact) mass is 237 g/mol. The average Bonchev–Trinajstić information content (AvgIpc) is 2.60. The zero-order chi connectivity index (χ0) is 13.1. The topological polar surface area (TPSA) is 29.9 Å². The average molecular weight is 237 g/mol. The van der Waals surface area contributed by atoms with Gasteiger partial charge < -0.3 is 5.32 Å². The van der Waals surface area contributed by atoms with Crippen molar-refractivity contribution in [1.82, 2.24) is 15.1 Å². The minimum absolute atomic E-state index is 0.181. The van der Waals surface area contributed by atoms with E-state index in [0.29, 0.717) is 0 Å². The van der Waals surface area contributed by atoms with Crippen LogP contribution >= 0.6 is 0 Å². The first-order valence-corrected chi connectivity index (χ1v) is 6.48. The van der Waals surface area contributed by atoms with Crippen molar-refractivity contribution in [2.45, 2.75) is 53.0 Å². The molecule has 1 rings (SSSR count). The molecule has 0 amide bonds. The second kappa shape index (κ2) is 5.21. The molecule has 17 heavy (non-hydrogen) atoms. The highest BCUT2D eigenvalue weighted by atomic mass is 15.2. The van der Waals surface area contributed by atoms with E-state index >= 15 is 0 Å². The molecule has 0 radical (unpaired) electrons. The minimum atomic E-state index is 0.181. The van der Waals surface area contributed by atoms with Crippen LogP contribution < -0.4 is 5.32 Å². The first-order valence-electron chi connectivity index (χ1n) is 6.48. The third-order valence-corrected chi connectivity index (χ3v) is 3.28. The van der Waals surface area contributed by atoms with Crippen LogP contribution in [0.3, 0.4) is 0 Å². The van der Waals surface area contributed by atoms with Gasteiger partial charge in [-0.2, -0.15) is 5.10 Å². The fourth-order valence-corrected chi connectivity index (χ4v) is 1.79. The fourth-order valence-electron chi connectivity index (χ4n) is 1.79. The zero-order valence-corrected chi connectivity index (χ0v) is 12.2. The van der Waals surface area contributed by atoms with Gasteiger partial charge >= 0.3 is 0 Å². The minimum Gasteiger partial charge on any atom is -0.312 e. The summed E-state index contributed by atoms with van der Waals surface area (Å²) in [6.07, 6.45) is 4.21. The molecule has 0 saturated carbocycles. The van der Waals surface area contributed by atoms with Crippen LogP contribution in [0.15, 0.2) is 12.3 Å². The molecule has 0 bridgehead atoms. The molecule has 98 valence electrons. The van der Waals surface area contributed by atoms with Crippen LogP contribution in [0.1, 0.15) is 46.7 Å². The third kappa shape index (κ3) is 4.90. The van der Waals surface area contributed by atoms with Gasteiger partial charge in [0.1, 0.15) is 0 Å². The summed E-state index contributed by atoms with van der Waals surface area (Å²) in [6, 6.07) is 2.12. The van der Waals surface area contributed by atoms with Crippen molar-refractivity contribution in [3.63, 3.8) is 0 Å². The summed E-state index contributed by atoms with van der Waals surface area (Å²) in [5.41, 5.74) is 1.65. The lowest BCUT2D eigenvalue weighted by Crippen LogP contribution is -2.43. The van der Waals surface area contributed by atoms with Crippen LogP contribution in [0.4, 0.5) is 0 Å². The first-order chi connectivity index (χ1) is 7.74. The molecule has 0 aliphatic heterocycles. The number of nitrogens with zero attached hydrogens (tertiary/aromatic N) is 2. The van der Waals surface area contributed by atoms with Crippen LogP contribution in [0.25, 0.3) is 0 Å². The highest BCUT2D eigenvalue weighted by Gasteiger charge is 2.25. The molecule has 1 unspecified atom stereocenters. The molecular weight excluding hydrogens is 210 g/mol. The van der Waals surface area contributed by atoms with Crippen molar-refractivity contribution >= 4 is 0 Å². The molecule has 0 aromatic carbocycles. The van der Waals surface area contributed by atoms with Gasteiger partial charge in [0, 0.05) is 25.3 Å². The van der Waals surface area contributed by atoms with Gasteiger partial charge in [0.15, 0.2) is 0 Å². The zero-order valence-electron chi connectivity index (χ0n) is 12.2. The number of aromatic nitrogens is 2. The van der Waals surface area contributed by atoms with E-state index in [9.17, 15) is 0 Å². The van der Waals surface area contributed by atoms with Crippen LogP contribution in [0.5, 0.6) is 0 Å². The van der Waals surface area contributed by atoms with Gasteiger partial charge in [0.25, 0.3) is 0 Å². The second-order valence-electron chi connectivity index (χ2n) is 6.43. The molecule has 3 nitrogen and oxygen atoms in total. The summed E-state index contributed by atoms with van der Waals surface area (Å²) >= 11 is 0. The highest BCUT2D eigenvalue weighted by Crippen LogP contribution is 2.25. The molecule has 0 aliphatic carbocycles.